The van der Waals surface area contributed by atoms with Crippen LogP contribution in [0.2, 0.25) is 0 Å². The minimum absolute atomic E-state index is 0.206. The monoisotopic (exact) mass is 290 g/mol. The van der Waals surface area contributed by atoms with E-state index in [1.165, 1.54) is 0 Å². The molecule has 4 nitrogen and oxygen atoms in total. The highest BCUT2D eigenvalue weighted by molar-refractivity contribution is 7.92. The van der Waals surface area contributed by atoms with Gasteiger partial charge in [0.05, 0.1) is 4.90 Å². The molecule has 0 radical (unpaired) electrons. The molecule has 0 saturated carbocycles. The van der Waals surface area contributed by atoms with E-state index in [4.69, 9.17) is 5.73 Å². The van der Waals surface area contributed by atoms with E-state index in [1.54, 1.807) is 37.3 Å². The molecule has 0 aromatic heterocycles. The first kappa shape index (κ1) is 14.4. The molecule has 5 heteroatoms. The number of hydrogen-bond acceptors (Lipinski definition) is 3. The van der Waals surface area contributed by atoms with E-state index < -0.39 is 10.0 Å². The van der Waals surface area contributed by atoms with Crippen LogP contribution in [0.25, 0.3) is 0 Å². The molecule has 106 valence electrons. The van der Waals surface area contributed by atoms with Crippen LogP contribution in [0.3, 0.4) is 0 Å². The van der Waals surface area contributed by atoms with Crippen LogP contribution in [0.1, 0.15) is 18.1 Å². The summed E-state index contributed by atoms with van der Waals surface area (Å²) in [5.41, 5.74) is 8.49. The summed E-state index contributed by atoms with van der Waals surface area (Å²) in [4.78, 5) is 0.206. The number of anilines is 2. The molecule has 0 bridgehead atoms. The molecule has 0 aliphatic carbocycles. The Labute approximate surface area is 119 Å². The number of nitrogens with two attached hydrogens (primary N) is 1. The van der Waals surface area contributed by atoms with Gasteiger partial charge in [0.15, 0.2) is 0 Å². The quantitative estimate of drug-likeness (QED) is 0.850. The van der Waals surface area contributed by atoms with E-state index >= 15 is 0 Å². The number of nitrogens with one attached hydrogen (secondary N) is 1. The summed E-state index contributed by atoms with van der Waals surface area (Å²) >= 11 is 0. The second-order valence-electron chi connectivity index (χ2n) is 4.63. The summed E-state index contributed by atoms with van der Waals surface area (Å²) in [6, 6.07) is 12.2. The highest BCUT2D eigenvalue weighted by atomic mass is 32.2. The molecule has 2 aromatic rings. The zero-order valence-electron chi connectivity index (χ0n) is 11.6. The number of sulfonamides is 1. The third kappa shape index (κ3) is 2.93. The molecule has 0 amide bonds. The van der Waals surface area contributed by atoms with Crippen LogP contribution in [0.4, 0.5) is 11.4 Å². The normalized spacial score (nSPS) is 11.3. The Bertz CT molecular complexity index is 707. The van der Waals surface area contributed by atoms with Crippen molar-refractivity contribution < 1.29 is 8.42 Å². The Kier molecular flexibility index (Phi) is 3.99. The van der Waals surface area contributed by atoms with Crippen molar-refractivity contribution in [2.45, 2.75) is 25.2 Å². The summed E-state index contributed by atoms with van der Waals surface area (Å²) in [6.45, 7) is 3.75. The Hall–Kier alpha value is -2.01. The largest absolute Gasteiger partial charge is 0.398 e. The first-order chi connectivity index (χ1) is 9.44. The Morgan fingerprint density at radius 3 is 2.35 bits per heavy atom. The van der Waals surface area contributed by atoms with Gasteiger partial charge in [-0.2, -0.15) is 0 Å². The maximum absolute atomic E-state index is 12.4. The van der Waals surface area contributed by atoms with E-state index in [-0.39, 0.29) is 4.90 Å². The van der Waals surface area contributed by atoms with E-state index in [0.29, 0.717) is 16.9 Å². The predicted octanol–water partition coefficient (Wildman–Crippen LogP) is 2.94. The molecule has 0 atom stereocenters. The fourth-order valence-corrected chi connectivity index (χ4v) is 3.28. The average Bonchev–Trinajstić information content (AvgIpc) is 2.42. The molecule has 0 aliphatic heterocycles. The lowest BCUT2D eigenvalue weighted by atomic mass is 10.2. The van der Waals surface area contributed by atoms with Gasteiger partial charge in [-0.15, -0.1) is 0 Å². The molecule has 2 rings (SSSR count). The van der Waals surface area contributed by atoms with E-state index in [0.717, 1.165) is 12.0 Å². The van der Waals surface area contributed by atoms with Crippen LogP contribution in [0.5, 0.6) is 0 Å². The molecule has 0 aliphatic rings. The third-order valence-electron chi connectivity index (χ3n) is 3.23. The lowest BCUT2D eigenvalue weighted by Crippen LogP contribution is -2.14. The molecular weight excluding hydrogens is 272 g/mol. The van der Waals surface area contributed by atoms with Crippen molar-refractivity contribution >= 4 is 21.4 Å². The van der Waals surface area contributed by atoms with Crippen molar-refractivity contribution in [1.29, 1.82) is 0 Å². The fourth-order valence-electron chi connectivity index (χ4n) is 1.94. The molecular formula is C15H18N2O2S. The van der Waals surface area contributed by atoms with E-state index in [1.807, 2.05) is 12.1 Å². The van der Waals surface area contributed by atoms with E-state index in [2.05, 4.69) is 11.6 Å². The third-order valence-corrected chi connectivity index (χ3v) is 4.76. The van der Waals surface area contributed by atoms with Crippen molar-refractivity contribution in [2.75, 3.05) is 10.5 Å². The maximum Gasteiger partial charge on any atom is 0.262 e. The van der Waals surface area contributed by atoms with Crippen molar-refractivity contribution in [3.8, 4) is 0 Å². The number of hydrogen-bond donors (Lipinski definition) is 2. The van der Waals surface area contributed by atoms with Crippen LogP contribution in [0, 0.1) is 6.92 Å². The van der Waals surface area contributed by atoms with Gasteiger partial charge in [0.1, 0.15) is 0 Å². The Balaban J connectivity index is 2.33. The molecule has 2 aromatic carbocycles. The zero-order chi connectivity index (χ0) is 14.8. The van der Waals surface area contributed by atoms with Gasteiger partial charge >= 0.3 is 0 Å². The lowest BCUT2D eigenvalue weighted by molar-refractivity contribution is 0.600. The van der Waals surface area contributed by atoms with Gasteiger partial charge in [-0.1, -0.05) is 25.1 Å². The van der Waals surface area contributed by atoms with Gasteiger partial charge in [-0.25, -0.2) is 8.42 Å². The lowest BCUT2D eigenvalue weighted by Gasteiger charge is -2.12. The van der Waals surface area contributed by atoms with Crippen LogP contribution in [-0.4, -0.2) is 8.42 Å². The number of aryl methyl sites for hydroxylation is 1. The minimum atomic E-state index is -3.62. The summed E-state index contributed by atoms with van der Waals surface area (Å²) in [5.74, 6) is 0. The fraction of sp³-hybridized carbons (Fsp3) is 0.200. The molecule has 0 spiro atoms. The summed E-state index contributed by atoms with van der Waals surface area (Å²) in [5, 5.41) is 0. The summed E-state index contributed by atoms with van der Waals surface area (Å²) < 4.78 is 27.3. The number of rotatable bonds is 4. The smallest absolute Gasteiger partial charge is 0.262 e. The average molecular weight is 290 g/mol. The van der Waals surface area contributed by atoms with Gasteiger partial charge in [0, 0.05) is 11.4 Å². The van der Waals surface area contributed by atoms with Crippen LogP contribution < -0.4 is 10.5 Å². The van der Waals surface area contributed by atoms with Crippen molar-refractivity contribution in [1.82, 2.24) is 0 Å². The van der Waals surface area contributed by atoms with Crippen LogP contribution in [0.15, 0.2) is 47.4 Å². The number of nitrogen functional groups attached to an aromatic ring is 1. The molecule has 0 unspecified atom stereocenters. The Morgan fingerprint density at radius 1 is 1.10 bits per heavy atom. The standard InChI is InChI=1S/C15H18N2O2S/c1-3-12-7-9-13(10-8-12)17-20(18,19)15-6-4-5-14(16)11(15)2/h4-10,17H,3,16H2,1-2H3. The maximum atomic E-state index is 12.4. The van der Waals surface area contributed by atoms with E-state index in [9.17, 15) is 8.42 Å². The molecule has 0 saturated heterocycles. The molecule has 0 fully saturated rings. The first-order valence-electron chi connectivity index (χ1n) is 6.41. The summed E-state index contributed by atoms with van der Waals surface area (Å²) in [7, 11) is -3.62. The van der Waals surface area contributed by atoms with Crippen LogP contribution in [-0.2, 0) is 16.4 Å². The van der Waals surface area contributed by atoms with Gasteiger partial charge in [-0.3, -0.25) is 4.72 Å². The second kappa shape index (κ2) is 5.54. The molecule has 20 heavy (non-hydrogen) atoms. The van der Waals surface area contributed by atoms with Crippen LogP contribution >= 0.6 is 0 Å². The topological polar surface area (TPSA) is 72.2 Å². The van der Waals surface area contributed by atoms with Crippen molar-refractivity contribution in [3.05, 3.63) is 53.6 Å². The highest BCUT2D eigenvalue weighted by Crippen LogP contribution is 2.23. The van der Waals surface area contributed by atoms with Crippen molar-refractivity contribution in [2.24, 2.45) is 0 Å². The van der Waals surface area contributed by atoms with Gasteiger partial charge in [0.2, 0.25) is 0 Å². The zero-order valence-corrected chi connectivity index (χ0v) is 12.4. The summed E-state index contributed by atoms with van der Waals surface area (Å²) in [6.07, 6.45) is 0.918. The molecule has 3 N–H and O–H groups in total. The SMILES string of the molecule is CCc1ccc(NS(=O)(=O)c2cccc(N)c2C)cc1. The highest BCUT2D eigenvalue weighted by Gasteiger charge is 2.17. The van der Waals surface area contributed by atoms with Gasteiger partial charge < -0.3 is 5.73 Å². The van der Waals surface area contributed by atoms with Crippen molar-refractivity contribution in [3.63, 3.8) is 0 Å². The van der Waals surface area contributed by atoms with Gasteiger partial charge in [-0.05, 0) is 48.7 Å². The Morgan fingerprint density at radius 2 is 1.75 bits per heavy atom. The predicted molar refractivity (Wildman–Crippen MR) is 82.2 cm³/mol. The molecule has 0 heterocycles. The number of benzene rings is 2. The second-order valence-corrected chi connectivity index (χ2v) is 6.28. The van der Waals surface area contributed by atoms with Gasteiger partial charge in [0.25, 0.3) is 10.0 Å². The first-order valence-corrected chi connectivity index (χ1v) is 7.89. The minimum Gasteiger partial charge on any atom is -0.398 e.